The maximum absolute atomic E-state index is 5.58. The Kier molecular flexibility index (Phi) is 7.73. The summed E-state index contributed by atoms with van der Waals surface area (Å²) in [4.78, 5) is 16.3. The van der Waals surface area contributed by atoms with Gasteiger partial charge in [0.05, 0.1) is 28.3 Å². The van der Waals surface area contributed by atoms with E-state index in [1.165, 1.54) is 63.5 Å². The molecule has 4 heteroatoms. The van der Waals surface area contributed by atoms with Gasteiger partial charge in [0.15, 0.2) is 0 Å². The first-order valence-corrected chi connectivity index (χ1v) is 22.0. The highest BCUT2D eigenvalue weighted by atomic mass is 32.1. The predicted octanol–water partition coefficient (Wildman–Crippen LogP) is 12.3. The first-order valence-electron chi connectivity index (χ1n) is 21.2. The number of hydrogen-bond donors (Lipinski definition) is 0. The van der Waals surface area contributed by atoms with Gasteiger partial charge in [-0.15, -0.1) is 11.3 Å². The molecule has 1 aliphatic heterocycles. The Balaban J connectivity index is 1.00. The van der Waals surface area contributed by atoms with E-state index in [0.717, 1.165) is 45.0 Å². The van der Waals surface area contributed by atoms with Crippen molar-refractivity contribution in [3.63, 3.8) is 0 Å². The molecule has 286 valence electrons. The number of allylic oxidation sites excluding steroid dienone is 5. The fraction of sp³-hybridized carbons (Fsp3) is 0.0702. The summed E-state index contributed by atoms with van der Waals surface area (Å²) in [6.45, 7) is 0. The number of aliphatic imine (C=N–C) groups is 1. The molecule has 0 N–H and O–H groups in total. The Morgan fingerprint density at radius 3 is 2.08 bits per heavy atom. The summed E-state index contributed by atoms with van der Waals surface area (Å²) in [6, 6.07) is 55.0. The summed E-state index contributed by atoms with van der Waals surface area (Å²) in [5.41, 5.74) is 12.3. The van der Waals surface area contributed by atoms with E-state index in [4.69, 9.17) is 15.0 Å². The average Bonchev–Trinajstić information content (AvgIpc) is 3.72. The third-order valence-electron chi connectivity index (χ3n) is 13.2. The van der Waals surface area contributed by atoms with Gasteiger partial charge in [-0.25, -0.2) is 4.98 Å². The van der Waals surface area contributed by atoms with Crippen LogP contribution in [0.5, 0.6) is 0 Å². The lowest BCUT2D eigenvalue weighted by molar-refractivity contribution is 0.589. The van der Waals surface area contributed by atoms with Crippen LogP contribution >= 0.6 is 11.3 Å². The minimum atomic E-state index is -0.0724. The van der Waals surface area contributed by atoms with E-state index < -0.39 is 0 Å². The molecule has 3 aliphatic carbocycles. The predicted molar refractivity (Wildman–Crippen MR) is 255 cm³/mol. The van der Waals surface area contributed by atoms with Crippen LogP contribution in [0, 0.1) is 17.8 Å². The lowest BCUT2D eigenvalue weighted by Gasteiger charge is -2.34. The van der Waals surface area contributed by atoms with Crippen molar-refractivity contribution in [2.75, 3.05) is 0 Å². The van der Waals surface area contributed by atoms with Crippen molar-refractivity contribution >= 4 is 76.1 Å². The van der Waals surface area contributed by atoms with E-state index in [9.17, 15) is 0 Å². The second-order valence-electron chi connectivity index (χ2n) is 16.5. The zero-order chi connectivity index (χ0) is 40.0. The summed E-state index contributed by atoms with van der Waals surface area (Å²) in [7, 11) is 0. The van der Waals surface area contributed by atoms with E-state index in [1.54, 1.807) is 0 Å². The van der Waals surface area contributed by atoms with Crippen molar-refractivity contribution in [1.29, 1.82) is 0 Å². The Morgan fingerprint density at radius 1 is 0.492 bits per heavy atom. The molecule has 0 spiro atoms. The highest BCUT2D eigenvalue weighted by Gasteiger charge is 2.34. The molecule has 4 heterocycles. The summed E-state index contributed by atoms with van der Waals surface area (Å²) in [6.07, 6.45) is 18.2. The molecule has 3 nitrogen and oxygen atoms in total. The minimum Gasteiger partial charge on any atom is -0.274 e. The zero-order valence-corrected chi connectivity index (χ0v) is 33.9. The molecule has 13 rings (SSSR count). The Labute approximate surface area is 357 Å². The number of benzene rings is 6. The fourth-order valence-electron chi connectivity index (χ4n) is 10.4. The van der Waals surface area contributed by atoms with E-state index >= 15 is 0 Å². The zero-order valence-electron chi connectivity index (χ0n) is 33.1. The molecule has 3 aromatic heterocycles. The van der Waals surface area contributed by atoms with Gasteiger partial charge >= 0.3 is 0 Å². The third kappa shape index (κ3) is 5.39. The Hall–Kier alpha value is -7.27. The smallest absolute Gasteiger partial charge is 0.103 e. The van der Waals surface area contributed by atoms with Gasteiger partial charge in [-0.1, -0.05) is 170 Å². The molecule has 4 atom stereocenters. The molecule has 0 radical (unpaired) electrons. The van der Waals surface area contributed by atoms with Crippen molar-refractivity contribution in [3.05, 3.63) is 233 Å². The largest absolute Gasteiger partial charge is 0.274 e. The molecule has 0 bridgehead atoms. The van der Waals surface area contributed by atoms with Gasteiger partial charge in [-0.2, -0.15) is 0 Å². The standard InChI is InChI=1S/C57H37N3S/c1-2-13-34(14-3-1)47-31-27-35-25-26-36-28-32-49(60-56(36)55(35)58-47)52-42-20-6-4-18-40(42)51(41-19-5-7-21-43(41)52)37-15-12-16-38(33-37)54-46-30-29-44-39-17-9-11-24-50(39)61-57(44)53(46)45-22-8-10-23-48(45)59-54/h1-33,35,40,42,55H. The van der Waals surface area contributed by atoms with Crippen LogP contribution in [-0.2, 0) is 0 Å². The van der Waals surface area contributed by atoms with Crippen LogP contribution in [0.15, 0.2) is 199 Å². The van der Waals surface area contributed by atoms with Crippen LogP contribution in [0.25, 0.3) is 70.3 Å². The van der Waals surface area contributed by atoms with Crippen LogP contribution in [0.2, 0.25) is 0 Å². The van der Waals surface area contributed by atoms with E-state index in [1.807, 2.05) is 11.3 Å². The van der Waals surface area contributed by atoms with Crippen LogP contribution in [-0.4, -0.2) is 15.7 Å². The summed E-state index contributed by atoms with van der Waals surface area (Å²) in [5, 5.41) is 8.76. The van der Waals surface area contributed by atoms with Crippen molar-refractivity contribution in [3.8, 4) is 11.3 Å². The molecule has 4 unspecified atom stereocenters. The number of nitrogens with zero attached hydrogens (tertiary/aromatic N) is 3. The molecule has 6 aromatic carbocycles. The lowest BCUT2D eigenvalue weighted by Crippen LogP contribution is -2.40. The van der Waals surface area contributed by atoms with Crippen molar-refractivity contribution in [1.82, 2.24) is 9.97 Å². The fourth-order valence-corrected chi connectivity index (χ4v) is 11.7. The SMILES string of the molecule is C1=CC2C(c3cccc(-c4nc5ccccc5c5c4ccc4c6ccccc6sc45)c3)=c3ccccc3=C(c3ccc4c(n3)C3N=C(c5ccccc5)C=CC3C=C4)C2C=C1. The normalized spacial score (nSPS) is 19.9. The maximum atomic E-state index is 5.58. The maximum Gasteiger partial charge on any atom is 0.103 e. The van der Waals surface area contributed by atoms with Crippen LogP contribution in [0.3, 0.4) is 0 Å². The number of fused-ring (bicyclic) bond motifs is 12. The minimum absolute atomic E-state index is 0.0724. The monoisotopic (exact) mass is 795 g/mol. The molecule has 0 saturated carbocycles. The van der Waals surface area contributed by atoms with Crippen LogP contribution in [0.1, 0.15) is 34.1 Å². The number of hydrogen-bond acceptors (Lipinski definition) is 4. The van der Waals surface area contributed by atoms with Crippen LogP contribution in [0.4, 0.5) is 0 Å². The second-order valence-corrected chi connectivity index (χ2v) is 17.6. The van der Waals surface area contributed by atoms with E-state index in [2.05, 4.69) is 200 Å². The number of dihydropyridines is 1. The quantitative estimate of drug-likeness (QED) is 0.166. The Bertz CT molecular complexity index is 3620. The molecule has 0 saturated heterocycles. The second kappa shape index (κ2) is 13.6. The van der Waals surface area contributed by atoms with E-state index in [0.29, 0.717) is 0 Å². The molecular weight excluding hydrogens is 759 g/mol. The number of thiophene rings is 1. The molecule has 0 fully saturated rings. The van der Waals surface area contributed by atoms with Gasteiger partial charge in [0.1, 0.15) is 6.04 Å². The summed E-state index contributed by atoms with van der Waals surface area (Å²) < 4.78 is 2.63. The highest BCUT2D eigenvalue weighted by molar-refractivity contribution is 7.26. The molecule has 61 heavy (non-hydrogen) atoms. The molecule has 4 aliphatic rings. The Morgan fingerprint density at radius 2 is 1.20 bits per heavy atom. The van der Waals surface area contributed by atoms with Crippen LogP contribution < -0.4 is 10.4 Å². The molecular formula is C57H37N3S. The number of para-hydroxylation sites is 1. The number of aromatic nitrogens is 2. The van der Waals surface area contributed by atoms with Crippen molar-refractivity contribution < 1.29 is 0 Å². The van der Waals surface area contributed by atoms with Gasteiger partial charge in [0, 0.05) is 59.6 Å². The third-order valence-corrected chi connectivity index (χ3v) is 14.4. The highest BCUT2D eigenvalue weighted by Crippen LogP contribution is 2.45. The van der Waals surface area contributed by atoms with E-state index in [-0.39, 0.29) is 23.8 Å². The van der Waals surface area contributed by atoms with Gasteiger partial charge in [0.2, 0.25) is 0 Å². The number of pyridine rings is 2. The first-order chi connectivity index (χ1) is 30.2. The van der Waals surface area contributed by atoms with Gasteiger partial charge in [-0.3, -0.25) is 9.98 Å². The van der Waals surface area contributed by atoms with Gasteiger partial charge < -0.3 is 0 Å². The van der Waals surface area contributed by atoms with Crippen molar-refractivity contribution in [2.45, 2.75) is 6.04 Å². The first kappa shape index (κ1) is 34.6. The lowest BCUT2D eigenvalue weighted by atomic mass is 9.70. The summed E-state index contributed by atoms with van der Waals surface area (Å²) in [5.74, 6) is 0.402. The molecule has 0 amide bonds. The van der Waals surface area contributed by atoms with Crippen molar-refractivity contribution in [2.24, 2.45) is 22.7 Å². The number of rotatable bonds is 4. The topological polar surface area (TPSA) is 38.1 Å². The van der Waals surface area contributed by atoms with Gasteiger partial charge in [-0.05, 0) is 68.6 Å². The van der Waals surface area contributed by atoms with Gasteiger partial charge in [0.25, 0.3) is 0 Å². The molecule has 9 aromatic rings. The summed E-state index contributed by atoms with van der Waals surface area (Å²) >= 11 is 1.88. The average molecular weight is 796 g/mol.